The number of nitrogens with zero attached hydrogens (tertiary/aromatic N) is 1. The standard InChI is InChI=1S/C18H28ClN/c1-15(2)17-10-8-16(9-11-17)14-20(13-12-19)18-6-4-3-5-7-18/h8-11,15,18H,3-7,12-14H2,1-2H3. The lowest BCUT2D eigenvalue weighted by molar-refractivity contribution is 0.157. The highest BCUT2D eigenvalue weighted by molar-refractivity contribution is 6.18. The largest absolute Gasteiger partial charge is 0.295 e. The van der Waals surface area contributed by atoms with Crippen molar-refractivity contribution in [3.63, 3.8) is 0 Å². The summed E-state index contributed by atoms with van der Waals surface area (Å²) in [6.45, 7) is 6.56. The minimum Gasteiger partial charge on any atom is -0.295 e. The molecule has 0 unspecified atom stereocenters. The van der Waals surface area contributed by atoms with Crippen molar-refractivity contribution >= 4 is 11.6 Å². The first kappa shape index (κ1) is 15.9. The van der Waals surface area contributed by atoms with Crippen LogP contribution in [0.2, 0.25) is 0 Å². The van der Waals surface area contributed by atoms with Gasteiger partial charge in [-0.2, -0.15) is 0 Å². The molecule has 1 aromatic carbocycles. The van der Waals surface area contributed by atoms with Gasteiger partial charge in [-0.05, 0) is 29.9 Å². The lowest BCUT2D eigenvalue weighted by atomic mass is 9.93. The molecule has 1 aliphatic carbocycles. The first-order valence-corrected chi connectivity index (χ1v) is 8.63. The summed E-state index contributed by atoms with van der Waals surface area (Å²) in [5, 5.41) is 0. The second-order valence-electron chi connectivity index (χ2n) is 6.35. The minimum absolute atomic E-state index is 0.612. The van der Waals surface area contributed by atoms with E-state index < -0.39 is 0 Å². The maximum atomic E-state index is 6.01. The molecule has 1 nitrogen and oxygen atoms in total. The maximum Gasteiger partial charge on any atom is 0.0351 e. The molecule has 0 spiro atoms. The molecule has 0 atom stereocenters. The Kier molecular flexibility index (Phi) is 6.38. The number of hydrogen-bond acceptors (Lipinski definition) is 1. The van der Waals surface area contributed by atoms with Crippen LogP contribution < -0.4 is 0 Å². The number of benzene rings is 1. The van der Waals surface area contributed by atoms with Crippen molar-refractivity contribution in [3.8, 4) is 0 Å². The van der Waals surface area contributed by atoms with E-state index in [4.69, 9.17) is 11.6 Å². The Bertz CT molecular complexity index is 379. The first-order chi connectivity index (χ1) is 9.70. The second kappa shape index (κ2) is 8.05. The molecule has 1 saturated carbocycles. The van der Waals surface area contributed by atoms with E-state index in [9.17, 15) is 0 Å². The Balaban J connectivity index is 1.99. The minimum atomic E-state index is 0.612. The molecule has 0 aliphatic heterocycles. The average Bonchev–Trinajstić information content (AvgIpc) is 2.48. The van der Waals surface area contributed by atoms with Crippen LogP contribution in [0.3, 0.4) is 0 Å². The highest BCUT2D eigenvalue weighted by Gasteiger charge is 2.20. The Morgan fingerprint density at radius 2 is 1.75 bits per heavy atom. The third-order valence-corrected chi connectivity index (χ3v) is 4.66. The summed E-state index contributed by atoms with van der Waals surface area (Å²) in [5.74, 6) is 1.35. The quantitative estimate of drug-likeness (QED) is 0.653. The van der Waals surface area contributed by atoms with Gasteiger partial charge in [-0.15, -0.1) is 11.6 Å². The van der Waals surface area contributed by atoms with Crippen molar-refractivity contribution in [3.05, 3.63) is 35.4 Å². The topological polar surface area (TPSA) is 3.24 Å². The fourth-order valence-electron chi connectivity index (χ4n) is 3.19. The van der Waals surface area contributed by atoms with Crippen molar-refractivity contribution in [2.75, 3.05) is 12.4 Å². The van der Waals surface area contributed by atoms with Crippen molar-refractivity contribution in [2.24, 2.45) is 0 Å². The molecule has 0 heterocycles. The predicted molar refractivity (Wildman–Crippen MR) is 88.5 cm³/mol. The van der Waals surface area contributed by atoms with E-state index in [1.54, 1.807) is 0 Å². The van der Waals surface area contributed by atoms with Gasteiger partial charge in [0.2, 0.25) is 0 Å². The van der Waals surface area contributed by atoms with Gasteiger partial charge in [0.15, 0.2) is 0 Å². The monoisotopic (exact) mass is 293 g/mol. The van der Waals surface area contributed by atoms with Crippen LogP contribution in [-0.2, 0) is 6.54 Å². The van der Waals surface area contributed by atoms with Crippen LogP contribution in [0.25, 0.3) is 0 Å². The van der Waals surface area contributed by atoms with Crippen molar-refractivity contribution in [1.82, 2.24) is 4.90 Å². The molecule has 0 N–H and O–H groups in total. The molecule has 112 valence electrons. The molecule has 2 rings (SSSR count). The van der Waals surface area contributed by atoms with E-state index >= 15 is 0 Å². The van der Waals surface area contributed by atoms with Crippen LogP contribution in [0.4, 0.5) is 0 Å². The van der Waals surface area contributed by atoms with Crippen LogP contribution in [-0.4, -0.2) is 23.4 Å². The maximum absolute atomic E-state index is 6.01. The molecule has 0 amide bonds. The second-order valence-corrected chi connectivity index (χ2v) is 6.73. The number of alkyl halides is 1. The van der Waals surface area contributed by atoms with Crippen LogP contribution in [0.5, 0.6) is 0 Å². The number of rotatable bonds is 6. The van der Waals surface area contributed by atoms with Gasteiger partial charge >= 0.3 is 0 Å². The molecule has 2 heteroatoms. The zero-order valence-electron chi connectivity index (χ0n) is 12.9. The molecular weight excluding hydrogens is 266 g/mol. The van der Waals surface area contributed by atoms with Crippen molar-refractivity contribution < 1.29 is 0 Å². The molecule has 1 fully saturated rings. The van der Waals surface area contributed by atoms with Crippen molar-refractivity contribution in [2.45, 2.75) is 64.5 Å². The highest BCUT2D eigenvalue weighted by atomic mass is 35.5. The third-order valence-electron chi connectivity index (χ3n) is 4.49. The molecule has 0 saturated heterocycles. The average molecular weight is 294 g/mol. The van der Waals surface area contributed by atoms with Gasteiger partial charge in [-0.3, -0.25) is 4.90 Å². The van der Waals surface area contributed by atoms with Gasteiger partial charge in [-0.1, -0.05) is 57.4 Å². The summed E-state index contributed by atoms with van der Waals surface area (Å²) in [4.78, 5) is 2.59. The normalized spacial score (nSPS) is 17.1. The van der Waals surface area contributed by atoms with E-state index in [-0.39, 0.29) is 0 Å². The Labute approximate surface area is 129 Å². The summed E-state index contributed by atoms with van der Waals surface area (Å²) >= 11 is 6.01. The van der Waals surface area contributed by atoms with Crippen LogP contribution in [0, 0.1) is 0 Å². The summed E-state index contributed by atoms with van der Waals surface area (Å²) in [6, 6.07) is 9.88. The van der Waals surface area contributed by atoms with Gasteiger partial charge in [0.1, 0.15) is 0 Å². The van der Waals surface area contributed by atoms with Crippen LogP contribution >= 0.6 is 11.6 Å². The zero-order valence-corrected chi connectivity index (χ0v) is 13.7. The van der Waals surface area contributed by atoms with Crippen LogP contribution in [0.1, 0.15) is 63.0 Å². The molecule has 0 radical (unpaired) electrons. The van der Waals surface area contributed by atoms with Crippen molar-refractivity contribution in [1.29, 1.82) is 0 Å². The van der Waals surface area contributed by atoms with Gasteiger partial charge in [0.05, 0.1) is 0 Å². The van der Waals surface area contributed by atoms with Crippen LogP contribution in [0.15, 0.2) is 24.3 Å². The van der Waals surface area contributed by atoms with Gasteiger partial charge < -0.3 is 0 Å². The lowest BCUT2D eigenvalue weighted by Gasteiger charge is -2.34. The molecule has 0 aromatic heterocycles. The number of hydrogen-bond donors (Lipinski definition) is 0. The van der Waals surface area contributed by atoms with E-state index in [0.29, 0.717) is 5.92 Å². The Morgan fingerprint density at radius 3 is 2.30 bits per heavy atom. The fraction of sp³-hybridized carbons (Fsp3) is 0.667. The summed E-state index contributed by atoms with van der Waals surface area (Å²) in [7, 11) is 0. The lowest BCUT2D eigenvalue weighted by Crippen LogP contribution is -2.37. The van der Waals surface area contributed by atoms with Gasteiger partial charge in [0.25, 0.3) is 0 Å². The Morgan fingerprint density at radius 1 is 1.10 bits per heavy atom. The zero-order chi connectivity index (χ0) is 14.4. The molecule has 1 aliphatic rings. The summed E-state index contributed by atoms with van der Waals surface area (Å²) in [5.41, 5.74) is 2.85. The van der Waals surface area contributed by atoms with E-state index in [1.807, 2.05) is 0 Å². The first-order valence-electron chi connectivity index (χ1n) is 8.09. The summed E-state index contributed by atoms with van der Waals surface area (Å²) in [6.07, 6.45) is 6.88. The molecule has 1 aromatic rings. The smallest absolute Gasteiger partial charge is 0.0351 e. The predicted octanol–water partition coefficient (Wildman–Crippen LogP) is 5.18. The van der Waals surface area contributed by atoms with E-state index in [0.717, 1.165) is 25.0 Å². The van der Waals surface area contributed by atoms with Gasteiger partial charge in [0, 0.05) is 25.0 Å². The molecular formula is C18H28ClN. The summed E-state index contributed by atoms with van der Waals surface area (Å²) < 4.78 is 0. The molecule has 0 bridgehead atoms. The highest BCUT2D eigenvalue weighted by Crippen LogP contribution is 2.24. The fourth-order valence-corrected chi connectivity index (χ4v) is 3.41. The van der Waals surface area contributed by atoms with Gasteiger partial charge in [-0.25, -0.2) is 0 Å². The SMILES string of the molecule is CC(C)c1ccc(CN(CCCl)C2CCCCC2)cc1. The van der Waals surface area contributed by atoms with E-state index in [2.05, 4.69) is 43.0 Å². The molecule has 20 heavy (non-hydrogen) atoms. The number of halogens is 1. The third kappa shape index (κ3) is 4.49. The van der Waals surface area contributed by atoms with E-state index in [1.165, 1.54) is 43.2 Å². The Hall–Kier alpha value is -0.530.